The molecule has 0 rings (SSSR count). The summed E-state index contributed by atoms with van der Waals surface area (Å²) in [7, 11) is -2.54. The van der Waals surface area contributed by atoms with E-state index in [1.807, 2.05) is 27.7 Å². The van der Waals surface area contributed by atoms with Crippen LogP contribution in [-0.2, 0) is 13.3 Å². The Labute approximate surface area is 108 Å². The van der Waals surface area contributed by atoms with Gasteiger partial charge in [-0.15, -0.1) is 6.58 Å². The molecule has 0 radical (unpaired) electrons. The Morgan fingerprint density at radius 1 is 1.12 bits per heavy atom. The van der Waals surface area contributed by atoms with Crippen LogP contribution in [0.2, 0.25) is 6.04 Å². The van der Waals surface area contributed by atoms with Gasteiger partial charge in [0, 0.05) is 19.3 Å². The van der Waals surface area contributed by atoms with Gasteiger partial charge in [-0.2, -0.15) is 0 Å². The normalized spacial score (nSPS) is 12.8. The highest BCUT2D eigenvalue weighted by molar-refractivity contribution is 6.60. The molecule has 0 heterocycles. The summed E-state index contributed by atoms with van der Waals surface area (Å²) in [5.41, 5.74) is -0.399. The third kappa shape index (κ3) is 6.36. The minimum atomic E-state index is -2.54. The number of hydrogen-bond donors (Lipinski definition) is 0. The zero-order valence-electron chi connectivity index (χ0n) is 12.0. The van der Waals surface area contributed by atoms with E-state index < -0.39 is 14.4 Å². The van der Waals surface area contributed by atoms with Crippen molar-refractivity contribution in [3.8, 4) is 0 Å². The predicted molar refractivity (Wildman–Crippen MR) is 74.1 cm³/mol. The number of unbranched alkanes of at least 4 members (excludes halogenated alkanes) is 1. The lowest BCUT2D eigenvalue weighted by molar-refractivity contribution is 0.0131. The molecule has 102 valence electrons. The Bertz CT molecular complexity index is 211. The summed E-state index contributed by atoms with van der Waals surface area (Å²) in [6.45, 7) is 15.2. The van der Waals surface area contributed by atoms with Gasteiger partial charge in [0.2, 0.25) is 0 Å². The molecule has 0 aliphatic rings. The zero-order valence-corrected chi connectivity index (χ0v) is 13.0. The Balaban J connectivity index is 4.80. The van der Waals surface area contributed by atoms with Gasteiger partial charge < -0.3 is 13.3 Å². The third-order valence-electron chi connectivity index (χ3n) is 2.48. The maximum Gasteiger partial charge on any atom is 0.501 e. The fraction of sp³-hybridized carbons (Fsp3) is 0.846. The molecule has 0 aromatic rings. The summed E-state index contributed by atoms with van der Waals surface area (Å²) in [5.74, 6) is 0. The summed E-state index contributed by atoms with van der Waals surface area (Å²) in [5, 5.41) is 0. The first-order valence-corrected chi connectivity index (χ1v) is 8.50. The minimum absolute atomic E-state index is 0.399. The maximum absolute atomic E-state index is 6.13. The summed E-state index contributed by atoms with van der Waals surface area (Å²) in [6, 6.07) is 0.877. The smallest absolute Gasteiger partial charge is 0.374 e. The van der Waals surface area contributed by atoms with Gasteiger partial charge in [-0.1, -0.05) is 19.4 Å². The topological polar surface area (TPSA) is 27.7 Å². The van der Waals surface area contributed by atoms with Crippen molar-refractivity contribution >= 4 is 8.80 Å². The number of rotatable bonds is 10. The molecule has 0 saturated carbocycles. The summed E-state index contributed by atoms with van der Waals surface area (Å²) >= 11 is 0. The maximum atomic E-state index is 6.13. The van der Waals surface area contributed by atoms with Gasteiger partial charge in [-0.3, -0.25) is 0 Å². The van der Waals surface area contributed by atoms with Crippen LogP contribution in [0, 0.1) is 0 Å². The van der Waals surface area contributed by atoms with Crippen LogP contribution < -0.4 is 0 Å². The fourth-order valence-electron chi connectivity index (χ4n) is 1.57. The van der Waals surface area contributed by atoms with Gasteiger partial charge in [0.1, 0.15) is 0 Å². The fourth-order valence-corrected chi connectivity index (χ4v) is 4.71. The van der Waals surface area contributed by atoms with Crippen LogP contribution in [-0.4, -0.2) is 27.6 Å². The molecule has 0 aromatic carbocycles. The molecule has 0 fully saturated rings. The molecule has 0 aliphatic heterocycles. The van der Waals surface area contributed by atoms with Crippen LogP contribution in [0.4, 0.5) is 0 Å². The molecule has 0 aliphatic carbocycles. The van der Waals surface area contributed by atoms with Gasteiger partial charge in [0.05, 0.1) is 5.60 Å². The first-order valence-electron chi connectivity index (χ1n) is 6.57. The highest BCUT2D eigenvalue weighted by atomic mass is 28.4. The van der Waals surface area contributed by atoms with Crippen LogP contribution in [0.3, 0.4) is 0 Å². The van der Waals surface area contributed by atoms with Crippen LogP contribution in [0.25, 0.3) is 0 Å². The van der Waals surface area contributed by atoms with E-state index in [2.05, 4.69) is 13.5 Å². The van der Waals surface area contributed by atoms with E-state index >= 15 is 0 Å². The standard InChI is InChI=1S/C13H28O3Si/c1-7-11-12-17(14-9-3,15-10-4)16-13(5,6)8-2/h8H,2,7,9-12H2,1,3-6H3. The molecule has 4 heteroatoms. The summed E-state index contributed by atoms with van der Waals surface area (Å²) in [4.78, 5) is 0. The van der Waals surface area contributed by atoms with Gasteiger partial charge in [0.15, 0.2) is 0 Å². The second-order valence-electron chi connectivity index (χ2n) is 4.56. The highest BCUT2D eigenvalue weighted by Crippen LogP contribution is 2.26. The first kappa shape index (κ1) is 16.8. The van der Waals surface area contributed by atoms with Gasteiger partial charge in [-0.05, 0) is 34.1 Å². The van der Waals surface area contributed by atoms with Crippen molar-refractivity contribution in [2.24, 2.45) is 0 Å². The molecule has 17 heavy (non-hydrogen) atoms. The van der Waals surface area contributed by atoms with Crippen molar-refractivity contribution in [3.63, 3.8) is 0 Å². The molecule has 0 bridgehead atoms. The molecule has 0 atom stereocenters. The van der Waals surface area contributed by atoms with E-state index in [-0.39, 0.29) is 0 Å². The van der Waals surface area contributed by atoms with Gasteiger partial charge in [0.25, 0.3) is 0 Å². The van der Waals surface area contributed by atoms with Crippen molar-refractivity contribution < 1.29 is 13.3 Å². The van der Waals surface area contributed by atoms with E-state index in [0.29, 0.717) is 13.2 Å². The monoisotopic (exact) mass is 260 g/mol. The van der Waals surface area contributed by atoms with E-state index in [0.717, 1.165) is 18.9 Å². The third-order valence-corrected chi connectivity index (χ3v) is 5.74. The van der Waals surface area contributed by atoms with E-state index in [1.165, 1.54) is 0 Å². The minimum Gasteiger partial charge on any atom is -0.374 e. The molecular formula is C13H28O3Si. The Hall–Kier alpha value is -0.163. The first-order chi connectivity index (χ1) is 7.95. The lowest BCUT2D eigenvalue weighted by atomic mass is 10.1. The van der Waals surface area contributed by atoms with Gasteiger partial charge >= 0.3 is 8.80 Å². The van der Waals surface area contributed by atoms with E-state index in [9.17, 15) is 0 Å². The molecule has 0 aromatic heterocycles. The number of hydrogen-bond acceptors (Lipinski definition) is 3. The second-order valence-corrected chi connectivity index (χ2v) is 7.21. The SMILES string of the molecule is C=CC(C)(C)O[Si](CCCC)(OCC)OCC. The molecule has 0 N–H and O–H groups in total. The van der Waals surface area contributed by atoms with Crippen molar-refractivity contribution in [1.82, 2.24) is 0 Å². The van der Waals surface area contributed by atoms with Gasteiger partial charge in [-0.25, -0.2) is 0 Å². The molecular weight excluding hydrogens is 232 g/mol. The molecule has 0 unspecified atom stereocenters. The molecule has 0 amide bonds. The lowest BCUT2D eigenvalue weighted by Gasteiger charge is -2.35. The van der Waals surface area contributed by atoms with E-state index in [4.69, 9.17) is 13.3 Å². The van der Waals surface area contributed by atoms with Crippen molar-refractivity contribution in [3.05, 3.63) is 12.7 Å². The Morgan fingerprint density at radius 3 is 2.00 bits per heavy atom. The van der Waals surface area contributed by atoms with Crippen molar-refractivity contribution in [1.29, 1.82) is 0 Å². The molecule has 0 saturated heterocycles. The summed E-state index contributed by atoms with van der Waals surface area (Å²) < 4.78 is 17.8. The summed E-state index contributed by atoms with van der Waals surface area (Å²) in [6.07, 6.45) is 3.99. The second kappa shape index (κ2) is 8.03. The van der Waals surface area contributed by atoms with E-state index in [1.54, 1.807) is 6.08 Å². The van der Waals surface area contributed by atoms with Crippen molar-refractivity contribution in [2.45, 2.75) is 59.1 Å². The van der Waals surface area contributed by atoms with Crippen molar-refractivity contribution in [2.75, 3.05) is 13.2 Å². The Kier molecular flexibility index (Phi) is 7.95. The highest BCUT2D eigenvalue weighted by Gasteiger charge is 2.43. The molecule has 3 nitrogen and oxygen atoms in total. The van der Waals surface area contributed by atoms with Crippen LogP contribution in [0.15, 0.2) is 12.7 Å². The zero-order chi connectivity index (χ0) is 13.4. The molecule has 0 spiro atoms. The lowest BCUT2D eigenvalue weighted by Crippen LogP contribution is -2.50. The average Bonchev–Trinajstić information content (AvgIpc) is 2.27. The largest absolute Gasteiger partial charge is 0.501 e. The quantitative estimate of drug-likeness (QED) is 0.442. The average molecular weight is 260 g/mol. The van der Waals surface area contributed by atoms with Crippen LogP contribution in [0.1, 0.15) is 47.5 Å². The predicted octanol–water partition coefficient (Wildman–Crippen LogP) is 3.78. The van der Waals surface area contributed by atoms with Crippen LogP contribution in [0.5, 0.6) is 0 Å². The van der Waals surface area contributed by atoms with Crippen LogP contribution >= 0.6 is 0 Å². The Morgan fingerprint density at radius 2 is 1.65 bits per heavy atom.